The first-order valence-corrected chi connectivity index (χ1v) is 15.8. The molecule has 8 heteroatoms. The van der Waals surface area contributed by atoms with E-state index >= 15 is 0 Å². The number of benzene rings is 4. The fourth-order valence-electron chi connectivity index (χ4n) is 6.71. The maximum Gasteiger partial charge on any atom is 0.325 e. The molecule has 46 heavy (non-hydrogen) atoms. The summed E-state index contributed by atoms with van der Waals surface area (Å²) in [5.41, 5.74) is 5.17. The fraction of sp³-hybridized carbons (Fsp3) is 0.263. The van der Waals surface area contributed by atoms with E-state index in [1.54, 1.807) is 17.0 Å². The molecule has 1 saturated carbocycles. The number of amides is 4. The van der Waals surface area contributed by atoms with E-state index in [9.17, 15) is 18.8 Å². The molecule has 2 atom stereocenters. The summed E-state index contributed by atoms with van der Waals surface area (Å²) in [6.07, 6.45) is 2.74. The third-order valence-electron chi connectivity index (χ3n) is 9.43. The van der Waals surface area contributed by atoms with Crippen LogP contribution in [0.15, 0.2) is 108 Å². The predicted molar refractivity (Wildman–Crippen MR) is 174 cm³/mol. The molecule has 1 spiro atoms. The highest BCUT2D eigenvalue weighted by atomic mass is 19.1. The maximum absolute atomic E-state index is 13.9. The van der Waals surface area contributed by atoms with Crippen LogP contribution in [0.1, 0.15) is 47.6 Å². The number of nitrogens with one attached hydrogen (secondary N) is 1. The number of fused-ring (bicyclic) bond motifs is 1. The minimum absolute atomic E-state index is 0.0568. The van der Waals surface area contributed by atoms with E-state index in [2.05, 4.69) is 5.32 Å². The van der Waals surface area contributed by atoms with Crippen LogP contribution in [0.4, 0.5) is 14.9 Å². The maximum atomic E-state index is 13.9. The van der Waals surface area contributed by atoms with E-state index in [1.165, 1.54) is 12.1 Å². The van der Waals surface area contributed by atoms with Crippen molar-refractivity contribution in [3.8, 4) is 0 Å². The topological polar surface area (TPSA) is 82.1 Å². The summed E-state index contributed by atoms with van der Waals surface area (Å²) < 4.78 is 13.5. The number of hydrogen-bond acceptors (Lipinski definition) is 4. The fourth-order valence-corrected chi connectivity index (χ4v) is 6.71. The summed E-state index contributed by atoms with van der Waals surface area (Å²) in [5.74, 6) is -0.650. The number of aliphatic imine (C=N–C) groups is 1. The lowest BCUT2D eigenvalue weighted by Gasteiger charge is -2.31. The monoisotopic (exact) mass is 614 g/mol. The Morgan fingerprint density at radius 1 is 0.913 bits per heavy atom. The van der Waals surface area contributed by atoms with Crippen molar-refractivity contribution in [3.05, 3.63) is 137 Å². The number of imide groups is 1. The smallest absolute Gasteiger partial charge is 0.325 e. The third-order valence-corrected chi connectivity index (χ3v) is 9.43. The summed E-state index contributed by atoms with van der Waals surface area (Å²) in [7, 11) is 0. The van der Waals surface area contributed by atoms with E-state index in [4.69, 9.17) is 4.99 Å². The highest BCUT2D eigenvalue weighted by Crippen LogP contribution is 2.38. The van der Waals surface area contributed by atoms with Gasteiger partial charge in [0.25, 0.3) is 5.91 Å². The molecule has 4 aromatic rings. The van der Waals surface area contributed by atoms with Gasteiger partial charge in [-0.3, -0.25) is 14.5 Å². The van der Waals surface area contributed by atoms with E-state index in [1.807, 2.05) is 85.8 Å². The number of urea groups is 1. The standard InChI is InChI=1S/C38H35FN4O3/c1-25(27-14-15-27)42(23-26-12-17-32(39)18-13-26)34(44)24-43-36(45)38(41-37(43)46)21-30-16-19-33(20-31(30)22-38)40-35(28-8-4-2-5-9-28)29-10-6-3-7-11-29/h2-13,16-20,25,27H,14-15,21-24H2,1H3,(H,41,46)/t25-,38?/m0/s1. The number of rotatable bonds is 9. The molecule has 7 rings (SSSR count). The Labute approximate surface area is 267 Å². The lowest BCUT2D eigenvalue weighted by Crippen LogP contribution is -2.49. The lowest BCUT2D eigenvalue weighted by atomic mass is 9.96. The highest BCUT2D eigenvalue weighted by Gasteiger charge is 2.54. The molecule has 1 saturated heterocycles. The van der Waals surface area contributed by atoms with Crippen molar-refractivity contribution in [3.63, 3.8) is 0 Å². The average molecular weight is 615 g/mol. The van der Waals surface area contributed by atoms with Crippen LogP contribution < -0.4 is 5.32 Å². The van der Waals surface area contributed by atoms with Crippen LogP contribution in [-0.2, 0) is 29.0 Å². The molecule has 4 aromatic carbocycles. The van der Waals surface area contributed by atoms with Gasteiger partial charge in [0.05, 0.1) is 11.4 Å². The highest BCUT2D eigenvalue weighted by molar-refractivity contribution is 6.14. The Morgan fingerprint density at radius 2 is 1.54 bits per heavy atom. The van der Waals surface area contributed by atoms with E-state index in [-0.39, 0.29) is 36.8 Å². The molecule has 3 aliphatic rings. The van der Waals surface area contributed by atoms with Gasteiger partial charge in [0, 0.05) is 36.6 Å². The molecule has 1 N–H and O–H groups in total. The SMILES string of the molecule is C[C@@H](C1CC1)N(Cc1ccc(F)cc1)C(=O)CN1C(=O)NC2(Cc3ccc(N=C(c4ccccc4)c4ccccc4)cc3C2)C1=O. The number of carbonyl (C=O) groups is 3. The first-order chi connectivity index (χ1) is 22.3. The van der Waals surface area contributed by atoms with E-state index in [0.29, 0.717) is 18.8 Å². The zero-order chi connectivity index (χ0) is 31.8. The van der Waals surface area contributed by atoms with Gasteiger partial charge in [0.2, 0.25) is 5.91 Å². The molecule has 0 aromatic heterocycles. The Morgan fingerprint density at radius 3 is 2.17 bits per heavy atom. The second-order valence-electron chi connectivity index (χ2n) is 12.6. The van der Waals surface area contributed by atoms with Gasteiger partial charge in [-0.1, -0.05) is 78.9 Å². The van der Waals surface area contributed by atoms with Gasteiger partial charge < -0.3 is 10.2 Å². The molecule has 1 unspecified atom stereocenters. The largest absolute Gasteiger partial charge is 0.334 e. The van der Waals surface area contributed by atoms with Gasteiger partial charge in [-0.15, -0.1) is 0 Å². The van der Waals surface area contributed by atoms with Crippen molar-refractivity contribution in [2.75, 3.05) is 6.54 Å². The van der Waals surface area contributed by atoms with Crippen molar-refractivity contribution in [1.29, 1.82) is 0 Å². The molecule has 2 aliphatic carbocycles. The van der Waals surface area contributed by atoms with Gasteiger partial charge >= 0.3 is 6.03 Å². The zero-order valence-corrected chi connectivity index (χ0v) is 25.7. The minimum atomic E-state index is -1.13. The quantitative estimate of drug-likeness (QED) is 0.180. The first-order valence-electron chi connectivity index (χ1n) is 15.8. The van der Waals surface area contributed by atoms with Crippen LogP contribution in [0, 0.1) is 11.7 Å². The van der Waals surface area contributed by atoms with Crippen LogP contribution in [0.2, 0.25) is 0 Å². The molecule has 2 fully saturated rings. The van der Waals surface area contributed by atoms with Crippen molar-refractivity contribution >= 4 is 29.2 Å². The molecule has 4 amide bonds. The molecule has 1 aliphatic heterocycles. The number of nitrogens with zero attached hydrogens (tertiary/aromatic N) is 3. The lowest BCUT2D eigenvalue weighted by molar-refractivity contribution is -0.140. The zero-order valence-electron chi connectivity index (χ0n) is 25.7. The predicted octanol–water partition coefficient (Wildman–Crippen LogP) is 6.21. The Bertz CT molecular complexity index is 1780. The van der Waals surface area contributed by atoms with Crippen LogP contribution >= 0.6 is 0 Å². The normalized spacial score (nSPS) is 19.1. The molecule has 0 radical (unpaired) electrons. The first kappa shape index (κ1) is 29.6. The van der Waals surface area contributed by atoms with Crippen molar-refractivity contribution in [1.82, 2.24) is 15.1 Å². The van der Waals surface area contributed by atoms with Gasteiger partial charge in [0.1, 0.15) is 17.9 Å². The summed E-state index contributed by atoms with van der Waals surface area (Å²) in [4.78, 5) is 48.7. The van der Waals surface area contributed by atoms with Crippen LogP contribution in [0.3, 0.4) is 0 Å². The molecule has 1 heterocycles. The summed E-state index contributed by atoms with van der Waals surface area (Å²) in [5, 5.41) is 2.94. The molecule has 7 nitrogen and oxygen atoms in total. The van der Waals surface area contributed by atoms with Gasteiger partial charge in [-0.25, -0.2) is 14.2 Å². The van der Waals surface area contributed by atoms with Crippen molar-refractivity contribution in [2.45, 2.75) is 50.7 Å². The third kappa shape index (κ3) is 5.83. The number of halogens is 1. The Kier molecular flexibility index (Phi) is 7.72. The number of hydrogen-bond donors (Lipinski definition) is 1. The van der Waals surface area contributed by atoms with Crippen molar-refractivity contribution < 1.29 is 18.8 Å². The van der Waals surface area contributed by atoms with Crippen LogP contribution in [0.25, 0.3) is 0 Å². The number of carbonyl (C=O) groups excluding carboxylic acids is 3. The van der Waals surface area contributed by atoms with E-state index in [0.717, 1.165) is 57.0 Å². The summed E-state index contributed by atoms with van der Waals surface area (Å²) in [6, 6.07) is 31.4. The minimum Gasteiger partial charge on any atom is -0.334 e. The second kappa shape index (κ2) is 12.0. The summed E-state index contributed by atoms with van der Waals surface area (Å²) >= 11 is 0. The molecular weight excluding hydrogens is 579 g/mol. The van der Waals surface area contributed by atoms with Gasteiger partial charge in [-0.2, -0.15) is 0 Å². The van der Waals surface area contributed by atoms with Crippen LogP contribution in [0.5, 0.6) is 0 Å². The summed E-state index contributed by atoms with van der Waals surface area (Å²) in [6.45, 7) is 1.95. The molecular formula is C38H35FN4O3. The Balaban J connectivity index is 1.10. The van der Waals surface area contributed by atoms with Crippen LogP contribution in [-0.4, -0.2) is 51.5 Å². The molecule has 232 valence electrons. The molecule has 0 bridgehead atoms. The van der Waals surface area contributed by atoms with Gasteiger partial charge in [-0.05, 0) is 66.6 Å². The van der Waals surface area contributed by atoms with Gasteiger partial charge in [0.15, 0.2) is 0 Å². The van der Waals surface area contributed by atoms with E-state index < -0.39 is 11.6 Å². The second-order valence-corrected chi connectivity index (χ2v) is 12.6. The average Bonchev–Trinajstić information content (AvgIpc) is 3.82. The Hall–Kier alpha value is -5.11. The van der Waals surface area contributed by atoms with Crippen molar-refractivity contribution in [2.24, 2.45) is 10.9 Å².